The third-order valence-electron chi connectivity index (χ3n) is 9.90. The Kier molecular flexibility index (Phi) is 22.8. The molecule has 0 saturated heterocycles. The lowest BCUT2D eigenvalue weighted by molar-refractivity contribution is 0.00298. The van der Waals surface area contributed by atoms with Crippen LogP contribution in [0, 0.1) is 5.41 Å². The third-order valence-corrected chi connectivity index (χ3v) is 9.90. The summed E-state index contributed by atoms with van der Waals surface area (Å²) in [6, 6.07) is -0.101. The Balaban J connectivity index is 0.0000101. The lowest BCUT2D eigenvalue weighted by Crippen LogP contribution is -2.52. The number of hydrogen-bond donors (Lipinski definition) is 10. The van der Waals surface area contributed by atoms with Crippen molar-refractivity contribution < 1.29 is 10.2 Å². The van der Waals surface area contributed by atoms with E-state index in [1.54, 1.807) is 45.7 Å². The average molecular weight is 907 g/mol. The summed E-state index contributed by atoms with van der Waals surface area (Å²) >= 11 is 0. The molecule has 0 aromatic heterocycles. The van der Waals surface area contributed by atoms with Gasteiger partial charge in [0.05, 0.1) is 49.0 Å². The van der Waals surface area contributed by atoms with Crippen LogP contribution in [0.4, 0.5) is 0 Å². The molecule has 0 fully saturated rings. The molecule has 2 aliphatic heterocycles. The fourth-order valence-electron chi connectivity index (χ4n) is 6.11. The monoisotopic (exact) mass is 907 g/mol. The van der Waals surface area contributed by atoms with Crippen LogP contribution < -0.4 is 45.7 Å². The Labute approximate surface area is 385 Å². The topological polar surface area (TPSA) is 296 Å². The average Bonchev–Trinajstić information content (AvgIpc) is 3.83. The first-order valence-electron chi connectivity index (χ1n) is 22.1. The number of nitrogens with one attached hydrogen (secondary N) is 2. The van der Waals surface area contributed by atoms with Crippen LogP contribution in [-0.2, 0) is 0 Å². The Morgan fingerprint density at radius 1 is 0.812 bits per heavy atom. The largest absolute Gasteiger partial charge is 0.400 e. The van der Waals surface area contributed by atoms with Crippen LogP contribution in [0.2, 0.25) is 0 Å². The molecule has 0 amide bonds. The van der Waals surface area contributed by atoms with E-state index in [2.05, 4.69) is 83.0 Å². The summed E-state index contributed by atoms with van der Waals surface area (Å²) in [6.45, 7) is 31.2. The van der Waals surface area contributed by atoms with E-state index in [9.17, 15) is 10.2 Å². The maximum absolute atomic E-state index is 10.7. The summed E-state index contributed by atoms with van der Waals surface area (Å²) in [4.78, 5) is 4.21. The van der Waals surface area contributed by atoms with Gasteiger partial charge >= 0.3 is 0 Å². The van der Waals surface area contributed by atoms with Crippen LogP contribution in [0.1, 0.15) is 96.9 Å². The van der Waals surface area contributed by atoms with Crippen LogP contribution in [-0.4, -0.2) is 157 Å². The lowest BCUT2D eigenvalue weighted by atomic mass is 9.89. The van der Waals surface area contributed by atoms with Crippen LogP contribution in [0.5, 0.6) is 0 Å². The first-order valence-corrected chi connectivity index (χ1v) is 22.1. The van der Waals surface area contributed by atoms with Crippen LogP contribution in [0.25, 0.3) is 0 Å². The van der Waals surface area contributed by atoms with Crippen molar-refractivity contribution in [1.82, 2.24) is 50.8 Å². The number of nitrogens with two attached hydrogens (primary N) is 6. The van der Waals surface area contributed by atoms with Crippen molar-refractivity contribution in [2.45, 2.75) is 125 Å². The van der Waals surface area contributed by atoms with Crippen LogP contribution >= 0.6 is 0 Å². The number of hydrazine groups is 5. The molecule has 0 aliphatic carbocycles. The fraction of sp³-hybridized carbons (Fsp3) is 0.762. The summed E-state index contributed by atoms with van der Waals surface area (Å²) in [7, 11) is 1.64. The number of aliphatic hydroxyl groups excluding tert-OH is 2. The van der Waals surface area contributed by atoms with Gasteiger partial charge in [0.25, 0.3) is 0 Å². The standard InChI is InChI=1S/C40H84N20O2.C2H6/c1-36(2,3)57(45)21-32(42)17-53(15-14-16-59(50-47-13)38(7,8)9)23-34-25-56(51-48-34)28-40(29-61,30-62)27-55(44)20-31(41)18-54(19-33(43)22-58(46)37(4,5)6)24-35-26-60(52-49-35)39(10,11)12;1-2/h14,16,20-22,25,35,48,51,61-62H,15,17-19,23-24,26-30,41-46H2,1-13H3;1-2H3/b16-14+,31-20-,32-21-,33-22-,50-47?;. The van der Waals surface area contributed by atoms with E-state index in [1.807, 2.05) is 78.9 Å². The molecule has 16 N–H and O–H groups in total. The summed E-state index contributed by atoms with van der Waals surface area (Å²) in [5.41, 5.74) is 26.2. The predicted molar refractivity (Wildman–Crippen MR) is 258 cm³/mol. The van der Waals surface area contributed by atoms with Crippen molar-refractivity contribution in [3.8, 4) is 0 Å². The molecule has 2 aliphatic rings. The maximum Gasteiger partial charge on any atom is 0.105 e. The molecular weight excluding hydrogens is 817 g/mol. The molecule has 2 heterocycles. The second kappa shape index (κ2) is 25.3. The Morgan fingerprint density at radius 3 is 1.78 bits per heavy atom. The van der Waals surface area contributed by atoms with Gasteiger partial charge in [-0.1, -0.05) is 30.4 Å². The molecule has 22 heteroatoms. The van der Waals surface area contributed by atoms with Crippen LogP contribution in [0.3, 0.4) is 0 Å². The zero-order valence-corrected chi connectivity index (χ0v) is 42.0. The number of hydrogen-bond acceptors (Lipinski definition) is 21. The first kappa shape index (κ1) is 57.6. The van der Waals surface area contributed by atoms with E-state index in [0.717, 1.165) is 5.70 Å². The van der Waals surface area contributed by atoms with E-state index in [1.165, 1.54) is 5.01 Å². The highest BCUT2D eigenvalue weighted by Gasteiger charge is 2.34. The molecule has 1 unspecified atom stereocenters. The van der Waals surface area contributed by atoms with Gasteiger partial charge in [-0.3, -0.25) is 19.8 Å². The summed E-state index contributed by atoms with van der Waals surface area (Å²) in [5.74, 6) is 19.1. The van der Waals surface area contributed by atoms with Gasteiger partial charge in [-0.15, -0.1) is 5.53 Å². The van der Waals surface area contributed by atoms with E-state index < -0.39 is 5.41 Å². The van der Waals surface area contributed by atoms with Crippen molar-refractivity contribution in [2.24, 2.45) is 60.8 Å². The molecule has 2 rings (SSSR count). The van der Waals surface area contributed by atoms with Crippen molar-refractivity contribution in [2.75, 3.05) is 79.2 Å². The molecule has 370 valence electrons. The van der Waals surface area contributed by atoms with E-state index in [0.29, 0.717) is 62.9 Å². The Hall–Kier alpha value is -4.42. The Morgan fingerprint density at radius 2 is 1.33 bits per heavy atom. The second-order valence-corrected chi connectivity index (χ2v) is 20.4. The molecule has 0 bridgehead atoms. The zero-order chi connectivity index (χ0) is 49.3. The molecule has 0 radical (unpaired) electrons. The predicted octanol–water partition coefficient (Wildman–Crippen LogP) is 1.74. The smallest absolute Gasteiger partial charge is 0.105 e. The first-order chi connectivity index (χ1) is 29.5. The molecule has 0 aromatic rings. The van der Waals surface area contributed by atoms with Gasteiger partial charge in [-0.2, -0.15) is 10.2 Å². The SMILES string of the molecule is CC.CN=NN(/C=C/CN(CC1=CN(CC(CO)(CO)CN(N)/C=C(\N)CN(C/C(N)=C/N(N)C(C)(C)C)CC2CN(C(C)(C)C)N=N2)NN1)C/C(N)=C/N(N)C(C)(C)C)C(C)(C)C. The quantitative estimate of drug-likeness (QED) is 0.0397. The molecular formula is C42H90N20O2. The highest BCUT2D eigenvalue weighted by molar-refractivity contribution is 5.10. The van der Waals surface area contributed by atoms with Gasteiger partial charge in [0.2, 0.25) is 0 Å². The van der Waals surface area contributed by atoms with Gasteiger partial charge < -0.3 is 47.9 Å². The molecule has 0 spiro atoms. The zero-order valence-electron chi connectivity index (χ0n) is 42.0. The van der Waals surface area contributed by atoms with Crippen molar-refractivity contribution >= 4 is 0 Å². The van der Waals surface area contributed by atoms with Crippen LogP contribution in [0.15, 0.2) is 80.5 Å². The number of nitrogens with zero attached hydrogens (tertiary/aromatic N) is 12. The minimum absolute atomic E-state index is 0.0795. The summed E-state index contributed by atoms with van der Waals surface area (Å²) in [5, 5.41) is 48.6. The third kappa shape index (κ3) is 20.6. The van der Waals surface area contributed by atoms with E-state index in [4.69, 9.17) is 34.7 Å². The fourth-order valence-corrected chi connectivity index (χ4v) is 6.11. The van der Waals surface area contributed by atoms with E-state index >= 15 is 0 Å². The molecule has 0 saturated carbocycles. The molecule has 22 nitrogen and oxygen atoms in total. The highest BCUT2D eigenvalue weighted by atomic mass is 16.3. The maximum atomic E-state index is 10.7. The number of aliphatic hydroxyl groups is 2. The van der Waals surface area contributed by atoms with Gasteiger partial charge in [-0.25, -0.2) is 22.5 Å². The summed E-state index contributed by atoms with van der Waals surface area (Å²) < 4.78 is 0. The van der Waals surface area contributed by atoms with Gasteiger partial charge in [-0.05, 0) is 83.1 Å². The Bertz CT molecular complexity index is 1600. The summed E-state index contributed by atoms with van der Waals surface area (Å²) in [6.07, 6.45) is 10.9. The van der Waals surface area contributed by atoms with E-state index in [-0.39, 0.29) is 54.5 Å². The minimum atomic E-state index is -1.06. The van der Waals surface area contributed by atoms with Gasteiger partial charge in [0, 0.05) is 112 Å². The molecule has 64 heavy (non-hydrogen) atoms. The highest BCUT2D eigenvalue weighted by Crippen LogP contribution is 2.23. The molecule has 1 atom stereocenters. The van der Waals surface area contributed by atoms with Gasteiger partial charge in [0.1, 0.15) is 6.04 Å². The van der Waals surface area contributed by atoms with Crippen molar-refractivity contribution in [3.05, 3.63) is 59.9 Å². The molecule has 0 aromatic carbocycles. The van der Waals surface area contributed by atoms with Gasteiger partial charge in [0.15, 0.2) is 0 Å². The minimum Gasteiger partial charge on any atom is -0.400 e. The lowest BCUT2D eigenvalue weighted by Gasteiger charge is -2.36. The number of rotatable bonds is 23. The van der Waals surface area contributed by atoms with Crippen molar-refractivity contribution in [1.29, 1.82) is 0 Å². The normalized spacial score (nSPS) is 17.2. The second-order valence-electron chi connectivity index (χ2n) is 20.4. The van der Waals surface area contributed by atoms with Crippen molar-refractivity contribution in [3.63, 3.8) is 0 Å².